The average Bonchev–Trinajstić information content (AvgIpc) is 2.84. The van der Waals surface area contributed by atoms with Crippen LogP contribution in [0.1, 0.15) is 30.6 Å². The van der Waals surface area contributed by atoms with E-state index in [-0.39, 0.29) is 10.7 Å². The third kappa shape index (κ3) is 3.84. The summed E-state index contributed by atoms with van der Waals surface area (Å²) >= 11 is 5.83. The first-order valence-corrected chi connectivity index (χ1v) is 7.22. The van der Waals surface area contributed by atoms with Crippen molar-refractivity contribution >= 4 is 23.4 Å². The minimum Gasteiger partial charge on any atom is -0.478 e. The van der Waals surface area contributed by atoms with Gasteiger partial charge in [0, 0.05) is 19.1 Å². The van der Waals surface area contributed by atoms with Gasteiger partial charge in [-0.1, -0.05) is 11.6 Å². The highest BCUT2D eigenvalue weighted by molar-refractivity contribution is 6.29. The molecule has 0 aliphatic carbocycles. The molecule has 1 unspecified atom stereocenters. The zero-order valence-electron chi connectivity index (χ0n) is 11.8. The third-order valence-electron chi connectivity index (χ3n) is 3.66. The summed E-state index contributed by atoms with van der Waals surface area (Å²) in [5.41, 5.74) is 0.155. The molecule has 2 N–H and O–H groups in total. The highest BCUT2D eigenvalue weighted by Crippen LogP contribution is 2.20. The zero-order valence-corrected chi connectivity index (χ0v) is 12.5. The molecule has 1 aliphatic rings. The van der Waals surface area contributed by atoms with E-state index in [9.17, 15) is 4.79 Å². The number of likely N-dealkylation sites (tertiary alicyclic amines) is 1. The fourth-order valence-corrected chi connectivity index (χ4v) is 2.67. The van der Waals surface area contributed by atoms with Gasteiger partial charge in [0.25, 0.3) is 0 Å². The van der Waals surface area contributed by atoms with Crippen LogP contribution in [-0.2, 0) is 0 Å². The Morgan fingerprint density at radius 3 is 2.95 bits per heavy atom. The van der Waals surface area contributed by atoms with Crippen molar-refractivity contribution < 1.29 is 9.90 Å². The van der Waals surface area contributed by atoms with Gasteiger partial charge >= 0.3 is 5.97 Å². The lowest BCUT2D eigenvalue weighted by molar-refractivity contribution is 0.0697. The molecule has 0 amide bonds. The number of aromatic carboxylic acids is 1. The Hall–Kier alpha value is -1.33. The molecule has 0 spiro atoms. The highest BCUT2D eigenvalue weighted by atomic mass is 35.5. The summed E-state index contributed by atoms with van der Waals surface area (Å²) in [5.74, 6) is 0.0913. The molecule has 1 saturated heterocycles. The fraction of sp³-hybridized carbons (Fsp3) is 0.571. The number of hydrogen-bond donors (Lipinski definition) is 2. The Morgan fingerprint density at radius 2 is 2.35 bits per heavy atom. The summed E-state index contributed by atoms with van der Waals surface area (Å²) in [4.78, 5) is 17.5. The molecule has 2 rings (SSSR count). The van der Waals surface area contributed by atoms with Gasteiger partial charge in [-0.15, -0.1) is 0 Å². The van der Waals surface area contributed by atoms with Gasteiger partial charge in [0.05, 0.1) is 5.56 Å². The molecule has 5 nitrogen and oxygen atoms in total. The lowest BCUT2D eigenvalue weighted by Gasteiger charge is -2.20. The number of rotatable bonds is 5. The predicted molar refractivity (Wildman–Crippen MR) is 79.5 cm³/mol. The molecular weight excluding hydrogens is 278 g/mol. The van der Waals surface area contributed by atoms with Crippen LogP contribution in [0.2, 0.25) is 5.15 Å². The first-order valence-electron chi connectivity index (χ1n) is 6.84. The van der Waals surface area contributed by atoms with Crippen LogP contribution in [0.5, 0.6) is 0 Å². The van der Waals surface area contributed by atoms with E-state index in [4.69, 9.17) is 16.7 Å². The number of carboxylic acids is 1. The minimum atomic E-state index is -0.996. The summed E-state index contributed by atoms with van der Waals surface area (Å²) in [6.07, 6.45) is 1.15. The van der Waals surface area contributed by atoms with Crippen LogP contribution in [0.3, 0.4) is 0 Å². The number of aromatic nitrogens is 1. The SMILES string of the molecule is CC(C)N1CCC(CNc2cc(C(=O)O)cc(Cl)n2)C1. The third-order valence-corrected chi connectivity index (χ3v) is 3.85. The standard InChI is InChI=1S/C14H20ClN3O2/c1-9(2)18-4-3-10(8-18)7-16-13-6-11(14(19)20)5-12(15)17-13/h5-6,9-10H,3-4,7-8H2,1-2H3,(H,16,17)(H,19,20). The van der Waals surface area contributed by atoms with Gasteiger partial charge in [-0.2, -0.15) is 0 Å². The molecule has 0 aromatic carbocycles. The van der Waals surface area contributed by atoms with Gasteiger partial charge in [-0.05, 0) is 44.9 Å². The van der Waals surface area contributed by atoms with E-state index in [0.717, 1.165) is 26.1 Å². The molecule has 1 aromatic rings. The summed E-state index contributed by atoms with van der Waals surface area (Å²) < 4.78 is 0. The molecule has 0 radical (unpaired) electrons. The van der Waals surface area contributed by atoms with E-state index < -0.39 is 5.97 Å². The molecule has 1 fully saturated rings. The Labute approximate surface area is 123 Å². The number of anilines is 1. The average molecular weight is 298 g/mol. The fourth-order valence-electron chi connectivity index (χ4n) is 2.46. The van der Waals surface area contributed by atoms with Crippen molar-refractivity contribution in [2.45, 2.75) is 26.3 Å². The predicted octanol–water partition coefficient (Wildman–Crippen LogP) is 2.58. The molecule has 1 aromatic heterocycles. The van der Waals surface area contributed by atoms with E-state index in [2.05, 4.69) is 29.0 Å². The van der Waals surface area contributed by atoms with Crippen LogP contribution < -0.4 is 5.32 Å². The molecule has 20 heavy (non-hydrogen) atoms. The van der Waals surface area contributed by atoms with E-state index in [1.165, 1.54) is 12.1 Å². The number of carboxylic acid groups (broad SMARTS) is 1. The van der Waals surface area contributed by atoms with Crippen LogP contribution in [0, 0.1) is 5.92 Å². The van der Waals surface area contributed by atoms with Gasteiger partial charge < -0.3 is 15.3 Å². The van der Waals surface area contributed by atoms with E-state index in [0.29, 0.717) is 17.8 Å². The zero-order chi connectivity index (χ0) is 14.7. The minimum absolute atomic E-state index is 0.155. The second-order valence-electron chi connectivity index (χ2n) is 5.49. The molecule has 1 atom stereocenters. The Bertz CT molecular complexity index is 493. The number of carbonyl (C=O) groups is 1. The van der Waals surface area contributed by atoms with E-state index in [1.54, 1.807) is 0 Å². The lowest BCUT2D eigenvalue weighted by atomic mass is 10.1. The molecule has 2 heterocycles. The molecular formula is C14H20ClN3O2. The summed E-state index contributed by atoms with van der Waals surface area (Å²) in [5, 5.41) is 12.4. The van der Waals surface area contributed by atoms with Crippen molar-refractivity contribution in [1.82, 2.24) is 9.88 Å². The van der Waals surface area contributed by atoms with Crippen LogP contribution in [0.25, 0.3) is 0 Å². The van der Waals surface area contributed by atoms with E-state index >= 15 is 0 Å². The molecule has 0 saturated carbocycles. The quantitative estimate of drug-likeness (QED) is 0.818. The van der Waals surface area contributed by atoms with Gasteiger partial charge in [-0.25, -0.2) is 9.78 Å². The second-order valence-corrected chi connectivity index (χ2v) is 5.88. The molecule has 110 valence electrons. The van der Waals surface area contributed by atoms with E-state index in [1.807, 2.05) is 0 Å². The number of halogens is 1. The summed E-state index contributed by atoms with van der Waals surface area (Å²) in [6.45, 7) is 7.38. The van der Waals surface area contributed by atoms with Crippen molar-refractivity contribution in [1.29, 1.82) is 0 Å². The summed E-state index contributed by atoms with van der Waals surface area (Å²) in [7, 11) is 0. The van der Waals surface area contributed by atoms with Crippen molar-refractivity contribution in [3.05, 3.63) is 22.8 Å². The lowest BCUT2D eigenvalue weighted by Crippen LogP contribution is -2.29. The van der Waals surface area contributed by atoms with Crippen molar-refractivity contribution in [3.8, 4) is 0 Å². The molecule has 1 aliphatic heterocycles. The van der Waals surface area contributed by atoms with Crippen LogP contribution in [0.4, 0.5) is 5.82 Å². The van der Waals surface area contributed by atoms with Crippen LogP contribution >= 0.6 is 11.6 Å². The number of hydrogen-bond acceptors (Lipinski definition) is 4. The number of nitrogens with one attached hydrogen (secondary N) is 1. The normalized spacial score (nSPS) is 19.5. The van der Waals surface area contributed by atoms with Crippen molar-refractivity contribution in [2.24, 2.45) is 5.92 Å². The smallest absolute Gasteiger partial charge is 0.335 e. The van der Waals surface area contributed by atoms with Crippen molar-refractivity contribution in [3.63, 3.8) is 0 Å². The highest BCUT2D eigenvalue weighted by Gasteiger charge is 2.23. The summed E-state index contributed by atoms with van der Waals surface area (Å²) in [6, 6.07) is 3.44. The Balaban J connectivity index is 1.93. The molecule has 0 bridgehead atoms. The Morgan fingerprint density at radius 1 is 1.60 bits per heavy atom. The second kappa shape index (κ2) is 6.41. The number of pyridine rings is 1. The maximum atomic E-state index is 11.0. The first kappa shape index (κ1) is 15.1. The maximum absolute atomic E-state index is 11.0. The van der Waals surface area contributed by atoms with Gasteiger partial charge in [-0.3, -0.25) is 0 Å². The van der Waals surface area contributed by atoms with Gasteiger partial charge in [0.1, 0.15) is 11.0 Å². The van der Waals surface area contributed by atoms with Crippen LogP contribution in [0.15, 0.2) is 12.1 Å². The first-order chi connectivity index (χ1) is 9.45. The van der Waals surface area contributed by atoms with Gasteiger partial charge in [0.2, 0.25) is 0 Å². The maximum Gasteiger partial charge on any atom is 0.335 e. The van der Waals surface area contributed by atoms with Gasteiger partial charge in [0.15, 0.2) is 0 Å². The van der Waals surface area contributed by atoms with Crippen LogP contribution in [-0.4, -0.2) is 46.6 Å². The number of nitrogens with zero attached hydrogens (tertiary/aromatic N) is 2. The monoisotopic (exact) mass is 297 g/mol. The topological polar surface area (TPSA) is 65.5 Å². The van der Waals surface area contributed by atoms with Crippen molar-refractivity contribution in [2.75, 3.05) is 25.0 Å². The Kier molecular flexibility index (Phi) is 4.83. The molecule has 6 heteroatoms. The largest absolute Gasteiger partial charge is 0.478 e.